The van der Waals surface area contributed by atoms with Crippen molar-refractivity contribution in [2.45, 2.75) is 32.7 Å². The molecule has 0 aliphatic heterocycles. The maximum atomic E-state index is 11.1. The summed E-state index contributed by atoms with van der Waals surface area (Å²) in [6.07, 6.45) is -1.16. The largest absolute Gasteiger partial charge is 0.481 e. The Labute approximate surface area is 91.7 Å². The molecule has 0 saturated heterocycles. The van der Waals surface area contributed by atoms with E-state index >= 15 is 0 Å². The van der Waals surface area contributed by atoms with Gasteiger partial charge in [0.1, 0.15) is 0 Å². The Morgan fingerprint density at radius 2 is 1.25 bits per heavy atom. The summed E-state index contributed by atoms with van der Waals surface area (Å²) >= 11 is 0. The van der Waals surface area contributed by atoms with Crippen molar-refractivity contribution in [2.75, 3.05) is 0 Å². The van der Waals surface area contributed by atoms with E-state index in [1.807, 2.05) is 0 Å². The van der Waals surface area contributed by atoms with Gasteiger partial charge in [-0.3, -0.25) is 24.1 Å². The molecular weight excluding hydrogens is 218 g/mol. The lowest BCUT2D eigenvalue weighted by Gasteiger charge is -2.25. The fourth-order valence-corrected chi connectivity index (χ4v) is 1.39. The minimum atomic E-state index is -1.27. The van der Waals surface area contributed by atoms with Crippen LogP contribution >= 0.6 is 0 Å². The fourth-order valence-electron chi connectivity index (χ4n) is 1.39. The number of carbonyl (C=O) groups is 4. The van der Waals surface area contributed by atoms with Gasteiger partial charge in [-0.1, -0.05) is 0 Å². The molecule has 2 amide bonds. The molecule has 0 heterocycles. The van der Waals surface area contributed by atoms with Gasteiger partial charge in [-0.15, -0.1) is 0 Å². The molecule has 0 spiro atoms. The van der Waals surface area contributed by atoms with Gasteiger partial charge < -0.3 is 10.2 Å². The molecule has 0 aromatic rings. The van der Waals surface area contributed by atoms with Crippen molar-refractivity contribution in [2.24, 2.45) is 0 Å². The summed E-state index contributed by atoms with van der Waals surface area (Å²) in [6.45, 7) is 2.16. The van der Waals surface area contributed by atoms with E-state index in [9.17, 15) is 19.2 Å². The standard InChI is InChI=1S/C9H13NO6/c1-5(11)10(6(2)12)7(3-8(13)14)4-9(15)16/h7H,3-4H2,1-2H3,(H,13,14)(H,15,16). The Hall–Kier alpha value is -1.92. The van der Waals surface area contributed by atoms with Crippen molar-refractivity contribution in [1.29, 1.82) is 0 Å². The third-order valence-electron chi connectivity index (χ3n) is 1.86. The number of carboxylic acid groups (broad SMARTS) is 2. The van der Waals surface area contributed by atoms with E-state index in [-0.39, 0.29) is 0 Å². The maximum Gasteiger partial charge on any atom is 0.305 e. The van der Waals surface area contributed by atoms with Crippen molar-refractivity contribution < 1.29 is 29.4 Å². The van der Waals surface area contributed by atoms with Gasteiger partial charge in [-0.2, -0.15) is 0 Å². The van der Waals surface area contributed by atoms with Crippen LogP contribution in [-0.4, -0.2) is 44.9 Å². The number of imide groups is 1. The Morgan fingerprint density at radius 3 is 1.44 bits per heavy atom. The van der Waals surface area contributed by atoms with E-state index in [1.54, 1.807) is 0 Å². The first-order valence-corrected chi connectivity index (χ1v) is 4.49. The summed E-state index contributed by atoms with van der Waals surface area (Å²) in [5, 5.41) is 17.1. The highest BCUT2D eigenvalue weighted by molar-refractivity contribution is 5.94. The zero-order valence-electron chi connectivity index (χ0n) is 8.97. The molecule has 7 heteroatoms. The molecule has 0 unspecified atom stereocenters. The minimum absolute atomic E-state index is 0.578. The second kappa shape index (κ2) is 5.84. The highest BCUT2D eigenvalue weighted by atomic mass is 16.4. The third-order valence-corrected chi connectivity index (χ3v) is 1.86. The van der Waals surface area contributed by atoms with Gasteiger partial charge in [-0.25, -0.2) is 0 Å². The Balaban J connectivity index is 4.94. The first kappa shape index (κ1) is 14.1. The van der Waals surface area contributed by atoms with Gasteiger partial charge in [0.2, 0.25) is 11.8 Å². The van der Waals surface area contributed by atoms with Crippen LogP contribution in [0.25, 0.3) is 0 Å². The lowest BCUT2D eigenvalue weighted by molar-refractivity contribution is -0.149. The molecule has 0 saturated carbocycles. The monoisotopic (exact) mass is 231 g/mol. The molecule has 0 bridgehead atoms. The third kappa shape index (κ3) is 4.54. The van der Waals surface area contributed by atoms with Crippen LogP contribution in [0, 0.1) is 0 Å². The van der Waals surface area contributed by atoms with E-state index in [2.05, 4.69) is 0 Å². The van der Waals surface area contributed by atoms with Crippen molar-refractivity contribution in [1.82, 2.24) is 4.90 Å². The van der Waals surface area contributed by atoms with E-state index in [0.29, 0.717) is 4.90 Å². The van der Waals surface area contributed by atoms with Crippen LogP contribution in [0.1, 0.15) is 26.7 Å². The quantitative estimate of drug-likeness (QED) is 0.671. The van der Waals surface area contributed by atoms with Gasteiger partial charge in [-0.05, 0) is 0 Å². The van der Waals surface area contributed by atoms with Gasteiger partial charge >= 0.3 is 11.9 Å². The molecule has 16 heavy (non-hydrogen) atoms. The van der Waals surface area contributed by atoms with Gasteiger partial charge in [0.05, 0.1) is 18.9 Å². The van der Waals surface area contributed by atoms with Crippen molar-refractivity contribution >= 4 is 23.8 Å². The summed E-state index contributed by atoms with van der Waals surface area (Å²) in [6, 6.07) is -1.15. The van der Waals surface area contributed by atoms with E-state index < -0.39 is 42.6 Å². The highest BCUT2D eigenvalue weighted by Gasteiger charge is 2.28. The van der Waals surface area contributed by atoms with Gasteiger partial charge in [0, 0.05) is 13.8 Å². The Kier molecular flexibility index (Phi) is 5.14. The molecule has 0 aromatic carbocycles. The Morgan fingerprint density at radius 1 is 0.938 bits per heavy atom. The number of nitrogens with zero attached hydrogens (tertiary/aromatic N) is 1. The number of hydrogen-bond acceptors (Lipinski definition) is 4. The first-order chi connectivity index (χ1) is 7.25. The van der Waals surface area contributed by atoms with E-state index in [1.165, 1.54) is 0 Å². The predicted octanol–water partition coefficient (Wildman–Crippen LogP) is -0.301. The topological polar surface area (TPSA) is 112 Å². The zero-order valence-corrected chi connectivity index (χ0v) is 8.97. The highest BCUT2D eigenvalue weighted by Crippen LogP contribution is 2.10. The van der Waals surface area contributed by atoms with Crippen LogP contribution in [-0.2, 0) is 19.2 Å². The molecule has 0 radical (unpaired) electrons. The van der Waals surface area contributed by atoms with Crippen molar-refractivity contribution in [3.63, 3.8) is 0 Å². The van der Waals surface area contributed by atoms with E-state index in [0.717, 1.165) is 13.8 Å². The van der Waals surface area contributed by atoms with Gasteiger partial charge in [0.25, 0.3) is 0 Å². The molecule has 0 aliphatic carbocycles. The van der Waals surface area contributed by atoms with Crippen LogP contribution in [0.5, 0.6) is 0 Å². The van der Waals surface area contributed by atoms with Crippen LogP contribution in [0.15, 0.2) is 0 Å². The maximum absolute atomic E-state index is 11.1. The number of carboxylic acids is 2. The van der Waals surface area contributed by atoms with Crippen LogP contribution < -0.4 is 0 Å². The van der Waals surface area contributed by atoms with Crippen LogP contribution in [0.4, 0.5) is 0 Å². The predicted molar refractivity (Wildman–Crippen MR) is 51.5 cm³/mol. The van der Waals surface area contributed by atoms with Crippen molar-refractivity contribution in [3.05, 3.63) is 0 Å². The van der Waals surface area contributed by atoms with Crippen LogP contribution in [0.2, 0.25) is 0 Å². The zero-order chi connectivity index (χ0) is 12.9. The average molecular weight is 231 g/mol. The number of hydrogen-bond donors (Lipinski definition) is 2. The molecule has 7 nitrogen and oxygen atoms in total. The Bertz CT molecular complexity index is 294. The molecule has 0 fully saturated rings. The second-order valence-electron chi connectivity index (χ2n) is 3.26. The van der Waals surface area contributed by atoms with Crippen LogP contribution in [0.3, 0.4) is 0 Å². The molecular formula is C9H13NO6. The van der Waals surface area contributed by atoms with Gasteiger partial charge in [0.15, 0.2) is 0 Å². The first-order valence-electron chi connectivity index (χ1n) is 4.49. The summed E-state index contributed by atoms with van der Waals surface area (Å²) in [7, 11) is 0. The molecule has 0 aliphatic rings. The normalized spacial score (nSPS) is 9.94. The van der Waals surface area contributed by atoms with E-state index in [4.69, 9.17) is 10.2 Å². The number of rotatable bonds is 5. The SMILES string of the molecule is CC(=O)N(C(C)=O)C(CC(=O)O)CC(=O)O. The molecule has 90 valence electrons. The molecule has 2 N–H and O–H groups in total. The average Bonchev–Trinajstić information content (AvgIpc) is 1.98. The summed E-state index contributed by atoms with van der Waals surface area (Å²) in [4.78, 5) is 43.9. The lowest BCUT2D eigenvalue weighted by atomic mass is 10.1. The number of amides is 2. The summed E-state index contributed by atoms with van der Waals surface area (Å²) in [5.41, 5.74) is 0. The van der Waals surface area contributed by atoms with Crippen molar-refractivity contribution in [3.8, 4) is 0 Å². The molecule has 0 aromatic heterocycles. The minimum Gasteiger partial charge on any atom is -0.481 e. The molecule has 0 atom stereocenters. The summed E-state index contributed by atoms with van der Waals surface area (Å²) < 4.78 is 0. The smallest absolute Gasteiger partial charge is 0.305 e. The molecule has 0 rings (SSSR count). The number of aliphatic carboxylic acids is 2. The number of carbonyl (C=O) groups excluding carboxylic acids is 2. The summed E-state index contributed by atoms with van der Waals surface area (Å²) in [5.74, 6) is -3.86. The lowest BCUT2D eigenvalue weighted by Crippen LogP contribution is -2.44. The second-order valence-corrected chi connectivity index (χ2v) is 3.26. The fraction of sp³-hybridized carbons (Fsp3) is 0.556.